The van der Waals surface area contributed by atoms with Gasteiger partial charge in [-0.15, -0.1) is 0 Å². The van der Waals surface area contributed by atoms with E-state index in [9.17, 15) is 22.4 Å². The first kappa shape index (κ1) is 22.8. The van der Waals surface area contributed by atoms with E-state index in [1.165, 1.54) is 19.1 Å². The molecule has 2 aromatic rings. The zero-order valence-corrected chi connectivity index (χ0v) is 17.2. The molecule has 1 aromatic heterocycles. The normalized spacial score (nSPS) is 11.8. The van der Waals surface area contributed by atoms with Crippen LogP contribution < -0.4 is 0 Å². The van der Waals surface area contributed by atoms with Gasteiger partial charge in [0.25, 0.3) is 5.91 Å². The Labute approximate surface area is 173 Å². The molecule has 0 N–H and O–H groups in total. The van der Waals surface area contributed by atoms with Gasteiger partial charge in [-0.1, -0.05) is 34.8 Å². The van der Waals surface area contributed by atoms with Crippen molar-refractivity contribution in [2.24, 2.45) is 7.05 Å². The molecule has 1 amide bonds. The number of rotatable bonds is 5. The highest BCUT2D eigenvalue weighted by Crippen LogP contribution is 2.46. The second-order valence-electron chi connectivity index (χ2n) is 5.92. The SMILES string of the molecule is COCCN(C)C(=O)c1cc(-c2c(Cl)c(C(F)(F)F)n(C)c2Cl)c(F)cc1Cl. The van der Waals surface area contributed by atoms with Gasteiger partial charge in [0.2, 0.25) is 0 Å². The third-order valence-corrected chi connectivity index (χ3v) is 5.19. The van der Waals surface area contributed by atoms with Crippen molar-refractivity contribution in [1.82, 2.24) is 9.47 Å². The molecule has 0 radical (unpaired) electrons. The lowest BCUT2D eigenvalue weighted by Gasteiger charge is -2.18. The molecule has 0 atom stereocenters. The van der Waals surface area contributed by atoms with E-state index in [0.717, 1.165) is 19.2 Å². The van der Waals surface area contributed by atoms with Crippen LogP contribution in [-0.2, 0) is 18.0 Å². The van der Waals surface area contributed by atoms with Gasteiger partial charge in [0.15, 0.2) is 0 Å². The first-order chi connectivity index (χ1) is 12.9. The van der Waals surface area contributed by atoms with Crippen molar-refractivity contribution in [3.63, 3.8) is 0 Å². The first-order valence-corrected chi connectivity index (χ1v) is 8.89. The quantitative estimate of drug-likeness (QED) is 0.549. The summed E-state index contributed by atoms with van der Waals surface area (Å²) in [7, 11) is 3.99. The van der Waals surface area contributed by atoms with E-state index in [4.69, 9.17) is 39.5 Å². The van der Waals surface area contributed by atoms with Crippen LogP contribution in [0.25, 0.3) is 11.1 Å². The largest absolute Gasteiger partial charge is 0.432 e. The van der Waals surface area contributed by atoms with Crippen LogP contribution in [0.2, 0.25) is 15.2 Å². The smallest absolute Gasteiger partial charge is 0.383 e. The third kappa shape index (κ3) is 4.25. The summed E-state index contributed by atoms with van der Waals surface area (Å²) in [6, 6.07) is 1.87. The fourth-order valence-corrected chi connectivity index (χ4v) is 3.59. The molecular weight excluding hydrogens is 447 g/mol. The van der Waals surface area contributed by atoms with Crippen molar-refractivity contribution in [3.05, 3.63) is 44.4 Å². The highest BCUT2D eigenvalue weighted by Gasteiger charge is 2.40. The van der Waals surface area contributed by atoms with Crippen LogP contribution in [0.15, 0.2) is 12.1 Å². The van der Waals surface area contributed by atoms with Gasteiger partial charge in [-0.3, -0.25) is 4.79 Å². The number of likely N-dealkylation sites (N-methyl/N-ethyl adjacent to an activating group) is 1. The average molecular weight is 462 g/mol. The van der Waals surface area contributed by atoms with E-state index in [1.807, 2.05) is 0 Å². The minimum atomic E-state index is -4.81. The highest BCUT2D eigenvalue weighted by molar-refractivity contribution is 6.40. The van der Waals surface area contributed by atoms with Gasteiger partial charge in [-0.25, -0.2) is 4.39 Å². The fourth-order valence-electron chi connectivity index (χ4n) is 2.61. The monoisotopic (exact) mass is 460 g/mol. The summed E-state index contributed by atoms with van der Waals surface area (Å²) >= 11 is 17.9. The van der Waals surface area contributed by atoms with Crippen LogP contribution in [0.3, 0.4) is 0 Å². The highest BCUT2D eigenvalue weighted by atomic mass is 35.5. The van der Waals surface area contributed by atoms with Crippen molar-refractivity contribution in [1.29, 1.82) is 0 Å². The van der Waals surface area contributed by atoms with Gasteiger partial charge in [0.05, 0.1) is 22.2 Å². The van der Waals surface area contributed by atoms with Crippen LogP contribution in [0.1, 0.15) is 16.1 Å². The lowest BCUT2D eigenvalue weighted by molar-refractivity contribution is -0.142. The second-order valence-corrected chi connectivity index (χ2v) is 7.06. The van der Waals surface area contributed by atoms with Gasteiger partial charge in [-0.2, -0.15) is 13.2 Å². The summed E-state index contributed by atoms with van der Waals surface area (Å²) in [5.74, 6) is -1.54. The maximum absolute atomic E-state index is 14.5. The molecule has 0 aliphatic heterocycles. The van der Waals surface area contributed by atoms with Crippen LogP contribution in [-0.4, -0.2) is 42.7 Å². The van der Waals surface area contributed by atoms with Crippen molar-refractivity contribution >= 4 is 40.7 Å². The second kappa shape index (κ2) is 8.49. The number of carbonyl (C=O) groups is 1. The van der Waals surface area contributed by atoms with Gasteiger partial charge >= 0.3 is 6.18 Å². The minimum absolute atomic E-state index is 0.110. The van der Waals surface area contributed by atoms with E-state index in [-0.39, 0.29) is 34.9 Å². The Bertz CT molecular complexity index is 913. The Morgan fingerprint density at radius 2 is 1.86 bits per heavy atom. The number of benzene rings is 1. The predicted octanol–water partition coefficient (Wildman–Crippen LogP) is 5.53. The Morgan fingerprint density at radius 3 is 2.36 bits per heavy atom. The molecule has 0 saturated heterocycles. The van der Waals surface area contributed by atoms with Crippen LogP contribution in [0.5, 0.6) is 0 Å². The zero-order chi connectivity index (χ0) is 21.4. The molecule has 0 aliphatic rings. The molecular formula is C17H15Cl3F4N2O2. The molecule has 11 heteroatoms. The molecule has 0 fully saturated rings. The van der Waals surface area contributed by atoms with Gasteiger partial charge in [-0.05, 0) is 12.1 Å². The van der Waals surface area contributed by atoms with E-state index < -0.39 is 33.8 Å². The van der Waals surface area contributed by atoms with E-state index in [2.05, 4.69) is 0 Å². The molecule has 2 rings (SSSR count). The van der Waals surface area contributed by atoms with Gasteiger partial charge in [0, 0.05) is 38.9 Å². The molecule has 154 valence electrons. The maximum atomic E-state index is 14.5. The Balaban J connectivity index is 2.65. The van der Waals surface area contributed by atoms with Crippen LogP contribution in [0.4, 0.5) is 17.6 Å². The van der Waals surface area contributed by atoms with Gasteiger partial charge in [0.1, 0.15) is 16.7 Å². The number of halogens is 7. The van der Waals surface area contributed by atoms with Crippen LogP contribution in [0, 0.1) is 5.82 Å². The number of amides is 1. The minimum Gasteiger partial charge on any atom is -0.383 e. The number of nitrogens with zero attached hydrogens (tertiary/aromatic N) is 2. The molecule has 0 spiro atoms. The van der Waals surface area contributed by atoms with Crippen molar-refractivity contribution in [2.45, 2.75) is 6.18 Å². The summed E-state index contributed by atoms with van der Waals surface area (Å²) < 4.78 is 59.8. The van der Waals surface area contributed by atoms with Crippen LogP contribution >= 0.6 is 34.8 Å². The van der Waals surface area contributed by atoms with E-state index in [0.29, 0.717) is 4.57 Å². The maximum Gasteiger partial charge on any atom is 0.432 e. The fraction of sp³-hybridized carbons (Fsp3) is 0.353. The number of hydrogen-bond donors (Lipinski definition) is 0. The van der Waals surface area contributed by atoms with Crippen molar-refractivity contribution < 1.29 is 27.1 Å². The number of methoxy groups -OCH3 is 1. The number of aromatic nitrogens is 1. The predicted molar refractivity (Wildman–Crippen MR) is 99.7 cm³/mol. The molecule has 28 heavy (non-hydrogen) atoms. The summed E-state index contributed by atoms with van der Waals surface area (Å²) in [5, 5.41) is -1.40. The summed E-state index contributed by atoms with van der Waals surface area (Å²) in [4.78, 5) is 13.9. The van der Waals surface area contributed by atoms with Crippen molar-refractivity contribution in [3.8, 4) is 11.1 Å². The number of carbonyl (C=O) groups excluding carboxylic acids is 1. The van der Waals surface area contributed by atoms with Crippen molar-refractivity contribution in [2.75, 3.05) is 27.3 Å². The zero-order valence-electron chi connectivity index (χ0n) is 14.9. The van der Waals surface area contributed by atoms with Gasteiger partial charge < -0.3 is 14.2 Å². The lowest BCUT2D eigenvalue weighted by atomic mass is 10.0. The molecule has 4 nitrogen and oxygen atoms in total. The average Bonchev–Trinajstić information content (AvgIpc) is 2.81. The molecule has 0 aliphatic carbocycles. The Morgan fingerprint density at radius 1 is 1.25 bits per heavy atom. The third-order valence-electron chi connectivity index (χ3n) is 4.07. The summed E-state index contributed by atoms with van der Waals surface area (Å²) in [6.07, 6.45) is -4.81. The summed E-state index contributed by atoms with van der Waals surface area (Å²) in [6.45, 7) is 0.475. The molecule has 0 saturated carbocycles. The number of alkyl halides is 3. The Kier molecular flexibility index (Phi) is 6.91. The molecule has 1 aromatic carbocycles. The lowest BCUT2D eigenvalue weighted by Crippen LogP contribution is -2.30. The van der Waals surface area contributed by atoms with E-state index in [1.54, 1.807) is 0 Å². The number of ether oxygens (including phenoxy) is 1. The van der Waals surface area contributed by atoms with E-state index >= 15 is 0 Å². The molecule has 0 unspecified atom stereocenters. The molecule has 0 bridgehead atoms. The topological polar surface area (TPSA) is 34.5 Å². The first-order valence-electron chi connectivity index (χ1n) is 7.76. The molecule has 1 heterocycles. The number of hydrogen-bond acceptors (Lipinski definition) is 2. The standard InChI is InChI=1S/C17H15Cl3F4N2O2/c1-25(4-5-28-3)16(27)8-6-9(11(21)7-10(8)18)12-13(19)14(17(22,23)24)26(2)15(12)20/h6-7H,4-5H2,1-3H3. The Hall–Kier alpha value is -1.48. The summed E-state index contributed by atoms with van der Waals surface area (Å²) in [5.41, 5.74) is -2.08.